The highest BCUT2D eigenvalue weighted by molar-refractivity contribution is 5.90. The lowest BCUT2D eigenvalue weighted by Gasteiger charge is -2.20. The number of rotatable bonds is 6. The Morgan fingerprint density at radius 3 is 2.92 bits per heavy atom. The highest BCUT2D eigenvalue weighted by Crippen LogP contribution is 2.36. The van der Waals surface area contributed by atoms with E-state index >= 15 is 0 Å². The van der Waals surface area contributed by atoms with Crippen LogP contribution in [-0.2, 0) is 17.8 Å². The Labute approximate surface area is 152 Å². The summed E-state index contributed by atoms with van der Waals surface area (Å²) < 4.78 is 7.66. The third kappa shape index (κ3) is 3.40. The van der Waals surface area contributed by atoms with Gasteiger partial charge in [0.15, 0.2) is 0 Å². The maximum Gasteiger partial charge on any atom is 0.264 e. The van der Waals surface area contributed by atoms with E-state index in [1.165, 1.54) is 12.0 Å². The molecule has 3 aromatic rings. The molecule has 1 aliphatic carbocycles. The monoisotopic (exact) mass is 350 g/mol. The van der Waals surface area contributed by atoms with Crippen LogP contribution in [-0.4, -0.2) is 20.7 Å². The van der Waals surface area contributed by atoms with Gasteiger partial charge in [0.25, 0.3) is 5.89 Å². The second kappa shape index (κ2) is 7.15. The second-order valence-corrected chi connectivity index (χ2v) is 6.70. The van der Waals surface area contributed by atoms with Gasteiger partial charge in [-0.1, -0.05) is 25.5 Å². The zero-order chi connectivity index (χ0) is 17.9. The standard InChI is InChI=1S/C20H22N4O2/c1-2-14-6-3-9-16(12-14)21-18(25)13-24-11-5-10-17(24)20-23-22-19(26-20)15-7-4-8-15/h3,5-6,9-12,15H,2,4,7-8,13H2,1H3,(H,21,25). The minimum absolute atomic E-state index is 0.0885. The van der Waals surface area contributed by atoms with Crippen LogP contribution in [0, 0.1) is 0 Å². The molecular weight excluding hydrogens is 328 g/mol. The molecule has 0 atom stereocenters. The second-order valence-electron chi connectivity index (χ2n) is 6.70. The van der Waals surface area contributed by atoms with Gasteiger partial charge in [-0.2, -0.15) is 0 Å². The maximum absolute atomic E-state index is 12.4. The topological polar surface area (TPSA) is 73.0 Å². The number of nitrogens with zero attached hydrogens (tertiary/aromatic N) is 3. The van der Waals surface area contributed by atoms with Crippen molar-refractivity contribution in [3.05, 3.63) is 54.0 Å². The molecule has 0 aliphatic heterocycles. The molecule has 134 valence electrons. The molecule has 0 radical (unpaired) electrons. The molecule has 1 amide bonds. The van der Waals surface area contributed by atoms with E-state index in [0.717, 1.165) is 30.6 Å². The molecule has 0 bridgehead atoms. The van der Waals surface area contributed by atoms with Crippen molar-refractivity contribution in [2.24, 2.45) is 0 Å². The largest absolute Gasteiger partial charge is 0.419 e. The third-order valence-corrected chi connectivity index (χ3v) is 4.88. The van der Waals surface area contributed by atoms with Crippen molar-refractivity contribution in [2.75, 3.05) is 5.32 Å². The molecule has 2 aromatic heterocycles. The number of nitrogens with one attached hydrogen (secondary N) is 1. The fourth-order valence-corrected chi connectivity index (χ4v) is 3.13. The SMILES string of the molecule is CCc1cccc(NC(=O)Cn2cccc2-c2nnc(C3CCC3)o2)c1. The predicted molar refractivity (Wildman–Crippen MR) is 98.8 cm³/mol. The van der Waals surface area contributed by atoms with Crippen molar-refractivity contribution in [1.29, 1.82) is 0 Å². The first kappa shape index (κ1) is 16.6. The maximum atomic E-state index is 12.4. The lowest BCUT2D eigenvalue weighted by Crippen LogP contribution is -2.18. The number of amides is 1. The summed E-state index contributed by atoms with van der Waals surface area (Å²) in [5, 5.41) is 11.3. The zero-order valence-corrected chi connectivity index (χ0v) is 14.8. The van der Waals surface area contributed by atoms with Crippen LogP contribution in [0.25, 0.3) is 11.6 Å². The Morgan fingerprint density at radius 2 is 2.15 bits per heavy atom. The Hall–Kier alpha value is -2.89. The number of carbonyl (C=O) groups is 1. The van der Waals surface area contributed by atoms with Crippen LogP contribution in [0.3, 0.4) is 0 Å². The highest BCUT2D eigenvalue weighted by Gasteiger charge is 2.26. The van der Waals surface area contributed by atoms with Crippen LogP contribution in [0.15, 0.2) is 47.0 Å². The molecule has 1 fully saturated rings. The average Bonchev–Trinajstić information content (AvgIpc) is 3.22. The molecule has 1 saturated carbocycles. The van der Waals surface area contributed by atoms with E-state index in [4.69, 9.17) is 4.42 Å². The first-order valence-electron chi connectivity index (χ1n) is 9.10. The van der Waals surface area contributed by atoms with Crippen molar-refractivity contribution in [1.82, 2.24) is 14.8 Å². The highest BCUT2D eigenvalue weighted by atomic mass is 16.4. The van der Waals surface area contributed by atoms with E-state index in [0.29, 0.717) is 17.7 Å². The fourth-order valence-electron chi connectivity index (χ4n) is 3.13. The van der Waals surface area contributed by atoms with Crippen LogP contribution in [0.4, 0.5) is 5.69 Å². The molecule has 2 heterocycles. The summed E-state index contributed by atoms with van der Waals surface area (Å²) in [4.78, 5) is 12.4. The minimum Gasteiger partial charge on any atom is -0.419 e. The smallest absolute Gasteiger partial charge is 0.264 e. The summed E-state index contributed by atoms with van der Waals surface area (Å²) in [5.41, 5.74) is 2.77. The predicted octanol–water partition coefficient (Wildman–Crippen LogP) is 4.01. The van der Waals surface area contributed by atoms with Gasteiger partial charge in [0.2, 0.25) is 11.8 Å². The molecule has 0 spiro atoms. The number of aromatic nitrogens is 3. The lowest BCUT2D eigenvalue weighted by molar-refractivity contribution is -0.116. The Balaban J connectivity index is 1.46. The average molecular weight is 350 g/mol. The van der Waals surface area contributed by atoms with Crippen molar-refractivity contribution < 1.29 is 9.21 Å². The normalized spacial score (nSPS) is 14.2. The summed E-state index contributed by atoms with van der Waals surface area (Å²) in [6, 6.07) is 11.7. The van der Waals surface area contributed by atoms with Gasteiger partial charge >= 0.3 is 0 Å². The number of benzene rings is 1. The lowest BCUT2D eigenvalue weighted by atomic mass is 9.85. The van der Waals surface area contributed by atoms with E-state index in [-0.39, 0.29) is 12.5 Å². The summed E-state index contributed by atoms with van der Waals surface area (Å²) in [6.07, 6.45) is 6.23. The number of hydrogen-bond acceptors (Lipinski definition) is 4. The van der Waals surface area contributed by atoms with Crippen molar-refractivity contribution in [2.45, 2.75) is 45.1 Å². The molecule has 26 heavy (non-hydrogen) atoms. The van der Waals surface area contributed by atoms with E-state index in [2.05, 4.69) is 28.5 Å². The van der Waals surface area contributed by atoms with Crippen molar-refractivity contribution in [3.63, 3.8) is 0 Å². The molecule has 1 aromatic carbocycles. The fraction of sp³-hybridized carbons (Fsp3) is 0.350. The van der Waals surface area contributed by atoms with Crippen molar-refractivity contribution >= 4 is 11.6 Å². The van der Waals surface area contributed by atoms with E-state index < -0.39 is 0 Å². The summed E-state index contributed by atoms with van der Waals surface area (Å²) in [7, 11) is 0. The molecule has 0 saturated heterocycles. The number of aryl methyl sites for hydroxylation is 1. The third-order valence-electron chi connectivity index (χ3n) is 4.88. The number of hydrogen-bond donors (Lipinski definition) is 1. The van der Waals surface area contributed by atoms with Crippen molar-refractivity contribution in [3.8, 4) is 11.6 Å². The minimum atomic E-state index is -0.0885. The molecule has 1 N–H and O–H groups in total. The summed E-state index contributed by atoms with van der Waals surface area (Å²) in [6.45, 7) is 2.29. The number of anilines is 1. The van der Waals surface area contributed by atoms with Crippen LogP contribution >= 0.6 is 0 Å². The van der Waals surface area contributed by atoms with Gasteiger partial charge in [0.05, 0.1) is 0 Å². The van der Waals surface area contributed by atoms with E-state index in [1.54, 1.807) is 0 Å². The Kier molecular flexibility index (Phi) is 4.56. The van der Waals surface area contributed by atoms with Crippen LogP contribution in [0.2, 0.25) is 0 Å². The van der Waals surface area contributed by atoms with Crippen LogP contribution in [0.1, 0.15) is 43.6 Å². The molecule has 6 nitrogen and oxygen atoms in total. The van der Waals surface area contributed by atoms with E-state index in [9.17, 15) is 4.79 Å². The molecular formula is C20H22N4O2. The molecule has 4 rings (SSSR count). The van der Waals surface area contributed by atoms with Gasteiger partial charge in [-0.25, -0.2) is 0 Å². The van der Waals surface area contributed by atoms with E-state index in [1.807, 2.05) is 41.1 Å². The first-order valence-corrected chi connectivity index (χ1v) is 9.10. The molecule has 0 unspecified atom stereocenters. The summed E-state index contributed by atoms with van der Waals surface area (Å²) in [5.74, 6) is 1.49. The van der Waals surface area contributed by atoms with Gasteiger partial charge in [0.1, 0.15) is 12.2 Å². The number of carbonyl (C=O) groups excluding carboxylic acids is 1. The molecule has 6 heteroatoms. The zero-order valence-electron chi connectivity index (χ0n) is 14.8. The first-order chi connectivity index (χ1) is 12.7. The van der Waals surface area contributed by atoms with Crippen LogP contribution in [0.5, 0.6) is 0 Å². The quantitative estimate of drug-likeness (QED) is 0.729. The van der Waals surface area contributed by atoms with Crippen LogP contribution < -0.4 is 5.32 Å². The van der Waals surface area contributed by atoms with Gasteiger partial charge in [-0.3, -0.25) is 4.79 Å². The van der Waals surface area contributed by atoms with Gasteiger partial charge in [-0.05, 0) is 49.1 Å². The Morgan fingerprint density at radius 1 is 1.27 bits per heavy atom. The van der Waals surface area contributed by atoms with Gasteiger partial charge in [-0.15, -0.1) is 10.2 Å². The van der Waals surface area contributed by atoms with Gasteiger partial charge < -0.3 is 14.3 Å². The van der Waals surface area contributed by atoms with Gasteiger partial charge in [0, 0.05) is 17.8 Å². The summed E-state index contributed by atoms with van der Waals surface area (Å²) >= 11 is 0. The Bertz CT molecular complexity index is 908. The molecule has 1 aliphatic rings.